The van der Waals surface area contributed by atoms with Crippen LogP contribution in [-0.4, -0.2) is 56.2 Å². The third kappa shape index (κ3) is 17.7. The summed E-state index contributed by atoms with van der Waals surface area (Å²) in [6, 6.07) is 11.1. The summed E-state index contributed by atoms with van der Waals surface area (Å²) in [5.41, 5.74) is 18.7. The molecule has 0 saturated heterocycles. The average Bonchev–Trinajstić information content (AvgIpc) is 3.60. The summed E-state index contributed by atoms with van der Waals surface area (Å²) in [6.07, 6.45) is 8.66. The number of hydrogen-bond acceptors (Lipinski definition) is 11. The van der Waals surface area contributed by atoms with Crippen LogP contribution in [0.1, 0.15) is 66.5 Å². The molecule has 0 bridgehead atoms. The van der Waals surface area contributed by atoms with Crippen LogP contribution < -0.4 is 27.0 Å². The molecule has 0 aliphatic carbocycles. The summed E-state index contributed by atoms with van der Waals surface area (Å²) in [5.74, 6) is 0. The van der Waals surface area contributed by atoms with Gasteiger partial charge in [0.1, 0.15) is 28.6 Å². The number of nitrogens with one attached hydrogen (secondary N) is 2. The molecule has 2 aliphatic rings. The third-order valence-electron chi connectivity index (χ3n) is 8.36. The van der Waals surface area contributed by atoms with Gasteiger partial charge in [0.2, 0.25) is 0 Å². The Bertz CT molecular complexity index is 2290. The van der Waals surface area contributed by atoms with Crippen LogP contribution >= 0.6 is 125 Å². The maximum atomic E-state index is 12.3. The Kier molecular flexibility index (Phi) is 20.6. The van der Waals surface area contributed by atoms with Crippen molar-refractivity contribution in [2.24, 2.45) is 0 Å². The van der Waals surface area contributed by atoms with E-state index in [2.05, 4.69) is 195 Å². The fourth-order valence-corrected chi connectivity index (χ4v) is 7.87. The van der Waals surface area contributed by atoms with Gasteiger partial charge < -0.3 is 26.8 Å². The lowest BCUT2D eigenvalue weighted by molar-refractivity contribution is 0.0579. The second kappa shape index (κ2) is 23.7. The number of pyridine rings is 5. The van der Waals surface area contributed by atoms with Crippen molar-refractivity contribution in [1.82, 2.24) is 24.9 Å². The van der Waals surface area contributed by atoms with Crippen LogP contribution in [0.3, 0.4) is 0 Å². The molecule has 0 aromatic carbocycles. The summed E-state index contributed by atoms with van der Waals surface area (Å²) in [4.78, 5) is 34.4. The number of nitrogen functional groups attached to an aromatic ring is 2. The van der Waals surface area contributed by atoms with Crippen molar-refractivity contribution < 1.29 is 9.53 Å². The van der Waals surface area contributed by atoms with E-state index >= 15 is 0 Å². The number of rotatable bonds is 3. The summed E-state index contributed by atoms with van der Waals surface area (Å²) >= 11 is 20.8. The van der Waals surface area contributed by atoms with E-state index < -0.39 is 5.60 Å². The largest absolute Gasteiger partial charge is 0.443 e. The highest BCUT2D eigenvalue weighted by Crippen LogP contribution is 2.41. The van der Waals surface area contributed by atoms with E-state index in [4.69, 9.17) is 16.2 Å². The van der Waals surface area contributed by atoms with Crippen LogP contribution in [0.2, 0.25) is 0 Å². The molecule has 5 aromatic heterocycles. The molecule has 7 heterocycles. The Morgan fingerprint density at radius 1 is 0.820 bits per heavy atom. The summed E-state index contributed by atoms with van der Waals surface area (Å²) in [7, 11) is 0. The summed E-state index contributed by atoms with van der Waals surface area (Å²) < 4.78 is 11.6. The van der Waals surface area contributed by atoms with E-state index in [0.717, 1.165) is 77.1 Å². The van der Waals surface area contributed by atoms with Gasteiger partial charge in [-0.25, -0.2) is 29.7 Å². The fourth-order valence-electron chi connectivity index (χ4n) is 5.38. The number of nitrogens with zero attached hydrogens (tertiary/aromatic N) is 6. The average molecular weight is 1380 g/mol. The third-order valence-corrected chi connectivity index (χ3v) is 12.3. The van der Waals surface area contributed by atoms with Crippen molar-refractivity contribution >= 4 is 159 Å². The lowest BCUT2D eigenvalue weighted by Gasteiger charge is -2.25. The number of halogens is 7. The highest BCUT2D eigenvalue weighted by Gasteiger charge is 2.40. The van der Waals surface area contributed by atoms with Crippen molar-refractivity contribution in [1.29, 1.82) is 0 Å². The predicted octanol–water partition coefficient (Wildman–Crippen LogP) is 13.3. The smallest absolute Gasteiger partial charge is 0.414 e. The lowest BCUT2D eigenvalue weighted by Crippen LogP contribution is -2.38. The summed E-state index contributed by atoms with van der Waals surface area (Å²) in [6.45, 7) is 22.5. The molecule has 19 heteroatoms. The number of nitrogens with two attached hydrogens (primary N) is 2. The standard InChI is InChI=1S/C14H19BrN2O2.C9H10BrIN2.C9H11BrN2.C5H4BrIN2.C5H5BrN2/c1-13(2,3)19-12(18)17-8-14(4,5)9-7-16-11(15)6-10(9)17;1-6(2)4-12-8-3-9(10)13-5-7(8)11;1-9(2)5-12-7-3-8(10)11-4-6(7)9;6-5-1-4(8)3(7)2-9-5;6-5-3-4(7)1-2-8-5/h6-7H,8H2,1-5H3;3,5H,1,4H2,2H3,(H,12,13);3-4,12H,5H2,1-2H3;1-2H,(H2,8,9);1-3H,(H2,7,8). The Labute approximate surface area is 428 Å². The van der Waals surface area contributed by atoms with E-state index in [0.29, 0.717) is 6.54 Å². The maximum absolute atomic E-state index is 12.3. The van der Waals surface area contributed by atoms with Crippen molar-refractivity contribution in [3.05, 3.63) is 121 Å². The molecule has 0 atom stereocenters. The van der Waals surface area contributed by atoms with E-state index in [1.54, 1.807) is 35.5 Å². The van der Waals surface area contributed by atoms with Gasteiger partial charge in [-0.05, 0) is 189 Å². The minimum absolute atomic E-state index is 0.111. The van der Waals surface area contributed by atoms with Gasteiger partial charge in [-0.15, -0.1) is 0 Å². The van der Waals surface area contributed by atoms with Gasteiger partial charge in [-0.2, -0.15) is 0 Å². The molecule has 1 amide bonds. The van der Waals surface area contributed by atoms with Crippen molar-refractivity contribution in [2.45, 2.75) is 71.8 Å². The van der Waals surface area contributed by atoms with Crippen LogP contribution in [-0.2, 0) is 15.6 Å². The van der Waals surface area contributed by atoms with E-state index in [1.807, 2.05) is 64.5 Å². The van der Waals surface area contributed by atoms with E-state index in [1.165, 1.54) is 11.3 Å². The van der Waals surface area contributed by atoms with Gasteiger partial charge in [0.25, 0.3) is 0 Å². The van der Waals surface area contributed by atoms with Crippen molar-refractivity contribution in [3.8, 4) is 0 Å². The Balaban J connectivity index is 0.000000210. The summed E-state index contributed by atoms with van der Waals surface area (Å²) in [5, 5.41) is 6.64. The zero-order valence-corrected chi connectivity index (χ0v) is 47.2. The van der Waals surface area contributed by atoms with Gasteiger partial charge in [0.15, 0.2) is 0 Å². The van der Waals surface area contributed by atoms with Crippen LogP contribution in [0.25, 0.3) is 0 Å². The van der Waals surface area contributed by atoms with Gasteiger partial charge in [-0.3, -0.25) is 4.90 Å². The number of amides is 1. The highest BCUT2D eigenvalue weighted by molar-refractivity contribution is 14.1. The van der Waals surface area contributed by atoms with Crippen LogP contribution in [0.15, 0.2) is 103 Å². The van der Waals surface area contributed by atoms with Crippen molar-refractivity contribution in [2.75, 3.05) is 46.6 Å². The number of ether oxygens (including phenoxy) is 1. The normalized spacial score (nSPS) is 13.7. The van der Waals surface area contributed by atoms with Gasteiger partial charge in [0, 0.05) is 89.6 Å². The molecule has 0 unspecified atom stereocenters. The van der Waals surface area contributed by atoms with Crippen LogP contribution in [0, 0.1) is 7.14 Å². The first-order chi connectivity index (χ1) is 28.3. The lowest BCUT2D eigenvalue weighted by atomic mass is 9.88. The molecule has 0 spiro atoms. The Hall–Kier alpha value is -2.18. The zero-order chi connectivity index (χ0) is 45.9. The number of hydrogen-bond donors (Lipinski definition) is 4. The number of carbonyl (C=O) groups excluding carboxylic acids is 1. The number of fused-ring (bicyclic) bond motifs is 2. The molecule has 12 nitrogen and oxygen atoms in total. The minimum Gasteiger partial charge on any atom is -0.443 e. The van der Waals surface area contributed by atoms with Crippen molar-refractivity contribution in [3.63, 3.8) is 0 Å². The SMILES string of the molecule is C=C(C)CNc1cc(Br)ncc1I.CC(C)(C)OC(=O)N1CC(C)(C)c2cnc(Br)cc21.CC1(C)CNc2cc(Br)ncc21.Nc1cc(Br)ncc1I.Nc1ccnc(Br)c1. The quantitative estimate of drug-likeness (QED) is 0.0770. The van der Waals surface area contributed by atoms with Gasteiger partial charge in [-0.1, -0.05) is 39.8 Å². The first-order valence-electron chi connectivity index (χ1n) is 18.5. The molecular formula is C42H49Br5I2N10O2. The second-order valence-corrected chi connectivity index (χ2v) is 22.4. The predicted molar refractivity (Wildman–Crippen MR) is 285 cm³/mol. The molecule has 61 heavy (non-hydrogen) atoms. The molecule has 0 radical (unpaired) electrons. The zero-order valence-electron chi connectivity index (χ0n) is 35.0. The Morgan fingerprint density at radius 2 is 1.36 bits per heavy atom. The molecule has 6 N–H and O–H groups in total. The first-order valence-corrected chi connectivity index (χ1v) is 24.6. The van der Waals surface area contributed by atoms with Crippen LogP contribution in [0.4, 0.5) is 33.2 Å². The van der Waals surface area contributed by atoms with Gasteiger partial charge >= 0.3 is 6.09 Å². The molecule has 2 aliphatic heterocycles. The molecule has 0 fully saturated rings. The minimum atomic E-state index is -0.492. The maximum Gasteiger partial charge on any atom is 0.414 e. The molecule has 328 valence electrons. The van der Waals surface area contributed by atoms with E-state index in [-0.39, 0.29) is 16.9 Å². The number of carbonyl (C=O) groups is 1. The second-order valence-electron chi connectivity index (χ2n) is 16.0. The van der Waals surface area contributed by atoms with Gasteiger partial charge in [0.05, 0.1) is 18.5 Å². The van der Waals surface area contributed by atoms with Crippen LogP contribution in [0.5, 0.6) is 0 Å². The van der Waals surface area contributed by atoms with E-state index in [9.17, 15) is 4.79 Å². The monoisotopic (exact) mass is 1370 g/mol. The molecular weight excluding hydrogens is 1330 g/mol. The number of aromatic nitrogens is 5. The highest BCUT2D eigenvalue weighted by atomic mass is 127. The Morgan fingerprint density at radius 3 is 1.90 bits per heavy atom. The topological polar surface area (TPSA) is 170 Å². The molecule has 7 rings (SSSR count). The molecule has 5 aromatic rings. The first kappa shape index (κ1) is 53.2. The molecule has 0 saturated carbocycles. The fraction of sp³-hybridized carbons (Fsp3) is 0.333. The number of anilines is 5.